The van der Waals surface area contributed by atoms with Crippen molar-refractivity contribution in [2.24, 2.45) is 5.92 Å². The minimum Gasteiger partial charge on any atom is -0.486 e. The van der Waals surface area contributed by atoms with Gasteiger partial charge in [-0.15, -0.1) is 21.5 Å². The molecule has 0 fully saturated rings. The largest absolute Gasteiger partial charge is 0.486 e. The zero-order valence-electron chi connectivity index (χ0n) is 20.6. The summed E-state index contributed by atoms with van der Waals surface area (Å²) < 4.78 is 13.8. The van der Waals surface area contributed by atoms with Gasteiger partial charge in [0.2, 0.25) is 5.91 Å². The molecule has 190 valence electrons. The summed E-state index contributed by atoms with van der Waals surface area (Å²) in [5.41, 5.74) is 1.50. The van der Waals surface area contributed by atoms with E-state index in [-0.39, 0.29) is 11.7 Å². The first-order valence-corrected chi connectivity index (χ1v) is 13.9. The number of nitrogens with zero attached hydrogens (tertiary/aromatic N) is 4. The highest BCUT2D eigenvalue weighted by Crippen LogP contribution is 2.30. The second-order valence-corrected chi connectivity index (χ2v) is 10.7. The number of ether oxygens (including phenoxy) is 1. The van der Waals surface area contributed by atoms with Gasteiger partial charge in [0, 0.05) is 17.3 Å². The predicted molar refractivity (Wildman–Crippen MR) is 147 cm³/mol. The number of fused-ring (bicyclic) bond motifs is 1. The van der Waals surface area contributed by atoms with Crippen molar-refractivity contribution in [3.05, 3.63) is 71.9 Å². The van der Waals surface area contributed by atoms with Crippen molar-refractivity contribution in [1.82, 2.24) is 19.7 Å². The lowest BCUT2D eigenvalue weighted by Crippen LogP contribution is -2.15. The van der Waals surface area contributed by atoms with Crippen molar-refractivity contribution in [2.45, 2.75) is 38.6 Å². The number of benzene rings is 2. The van der Waals surface area contributed by atoms with Gasteiger partial charge in [0.05, 0.1) is 5.75 Å². The maximum Gasteiger partial charge on any atom is 0.236 e. The number of amides is 1. The third kappa shape index (κ3) is 6.39. The van der Waals surface area contributed by atoms with Crippen LogP contribution >= 0.6 is 23.1 Å². The molecule has 5 aromatic rings. The molecule has 0 saturated heterocycles. The second kappa shape index (κ2) is 11.6. The first-order valence-electron chi connectivity index (χ1n) is 12.0. The highest BCUT2D eigenvalue weighted by Gasteiger charge is 2.17. The van der Waals surface area contributed by atoms with E-state index in [1.165, 1.54) is 23.1 Å². The van der Waals surface area contributed by atoms with Crippen LogP contribution in [0.1, 0.15) is 26.1 Å². The SMILES string of the molecule is CC(C)CCn1c(COc2ccccc2)nnc1SCC(=O)Nc1nc(-c2cc3ccccc3o2)cs1. The van der Waals surface area contributed by atoms with Crippen LogP contribution in [0.15, 0.2) is 75.6 Å². The molecule has 3 heterocycles. The van der Waals surface area contributed by atoms with Crippen LogP contribution in [0, 0.1) is 5.92 Å². The molecule has 37 heavy (non-hydrogen) atoms. The number of aromatic nitrogens is 4. The molecule has 1 amide bonds. The zero-order valence-corrected chi connectivity index (χ0v) is 22.2. The highest BCUT2D eigenvalue weighted by molar-refractivity contribution is 7.99. The zero-order chi connectivity index (χ0) is 25.6. The molecule has 0 radical (unpaired) electrons. The molecule has 0 atom stereocenters. The number of thiazole rings is 1. The van der Waals surface area contributed by atoms with Crippen LogP contribution in [0.2, 0.25) is 0 Å². The summed E-state index contributed by atoms with van der Waals surface area (Å²) in [4.78, 5) is 17.2. The molecular formula is C27H27N5O3S2. The Morgan fingerprint density at radius 3 is 2.76 bits per heavy atom. The Morgan fingerprint density at radius 2 is 1.95 bits per heavy atom. The van der Waals surface area contributed by atoms with Gasteiger partial charge in [-0.25, -0.2) is 4.98 Å². The van der Waals surface area contributed by atoms with E-state index in [1.54, 1.807) is 0 Å². The summed E-state index contributed by atoms with van der Waals surface area (Å²) >= 11 is 2.72. The fourth-order valence-electron chi connectivity index (χ4n) is 3.65. The fraction of sp³-hybridized carbons (Fsp3) is 0.259. The lowest BCUT2D eigenvalue weighted by atomic mass is 10.1. The van der Waals surface area contributed by atoms with E-state index >= 15 is 0 Å². The van der Waals surface area contributed by atoms with E-state index in [0.717, 1.165) is 35.5 Å². The molecule has 0 spiro atoms. The lowest BCUT2D eigenvalue weighted by Gasteiger charge is -2.12. The van der Waals surface area contributed by atoms with Gasteiger partial charge in [-0.05, 0) is 36.6 Å². The minimum absolute atomic E-state index is 0.156. The van der Waals surface area contributed by atoms with E-state index in [4.69, 9.17) is 9.15 Å². The van der Waals surface area contributed by atoms with Crippen LogP contribution in [0.25, 0.3) is 22.4 Å². The molecule has 8 nitrogen and oxygen atoms in total. The lowest BCUT2D eigenvalue weighted by molar-refractivity contribution is -0.113. The number of anilines is 1. The second-order valence-electron chi connectivity index (χ2n) is 8.86. The molecule has 0 bridgehead atoms. The Bertz CT molecular complexity index is 1440. The molecule has 5 rings (SSSR count). The molecule has 0 saturated carbocycles. The van der Waals surface area contributed by atoms with Crippen LogP contribution < -0.4 is 10.1 Å². The standard InChI is InChI=1S/C27H27N5O3S2/c1-18(2)12-13-32-24(15-34-20-9-4-3-5-10-20)30-31-27(32)37-17-25(33)29-26-28-21(16-36-26)23-14-19-8-6-7-11-22(19)35-23/h3-11,14,16,18H,12-13,15,17H2,1-2H3,(H,28,29,33). The summed E-state index contributed by atoms with van der Waals surface area (Å²) in [6, 6.07) is 19.4. The van der Waals surface area contributed by atoms with Gasteiger partial charge in [0.15, 0.2) is 21.9 Å². The Labute approximate surface area is 223 Å². The van der Waals surface area contributed by atoms with Gasteiger partial charge >= 0.3 is 0 Å². The van der Waals surface area contributed by atoms with E-state index < -0.39 is 0 Å². The summed E-state index contributed by atoms with van der Waals surface area (Å²) in [5, 5.41) is 15.7. The van der Waals surface area contributed by atoms with Crippen molar-refractivity contribution in [2.75, 3.05) is 11.1 Å². The van der Waals surface area contributed by atoms with Crippen LogP contribution in [-0.4, -0.2) is 31.4 Å². The Morgan fingerprint density at radius 1 is 1.14 bits per heavy atom. The van der Waals surface area contributed by atoms with Crippen LogP contribution in [-0.2, 0) is 17.9 Å². The molecule has 2 aromatic carbocycles. The van der Waals surface area contributed by atoms with Gasteiger partial charge in [-0.2, -0.15) is 0 Å². The maximum absolute atomic E-state index is 12.7. The Hall–Kier alpha value is -3.63. The molecular weight excluding hydrogens is 506 g/mol. The molecule has 1 N–H and O–H groups in total. The third-order valence-corrected chi connectivity index (χ3v) is 7.32. The topological polar surface area (TPSA) is 95.1 Å². The van der Waals surface area contributed by atoms with Crippen LogP contribution in [0.5, 0.6) is 5.75 Å². The van der Waals surface area contributed by atoms with Crippen LogP contribution in [0.4, 0.5) is 5.13 Å². The molecule has 0 aliphatic carbocycles. The quantitative estimate of drug-likeness (QED) is 0.194. The number of furan rings is 1. The van der Waals surface area contributed by atoms with Crippen molar-refractivity contribution < 1.29 is 13.9 Å². The van der Waals surface area contributed by atoms with E-state index in [0.29, 0.717) is 34.3 Å². The van der Waals surface area contributed by atoms with E-state index in [9.17, 15) is 4.79 Å². The van der Waals surface area contributed by atoms with Gasteiger partial charge in [-0.1, -0.05) is 62.0 Å². The van der Waals surface area contributed by atoms with Gasteiger partial charge in [0.1, 0.15) is 23.6 Å². The maximum atomic E-state index is 12.7. The minimum atomic E-state index is -0.156. The van der Waals surface area contributed by atoms with Gasteiger partial charge in [0.25, 0.3) is 0 Å². The van der Waals surface area contributed by atoms with Gasteiger partial charge in [-0.3, -0.25) is 4.79 Å². The van der Waals surface area contributed by atoms with Crippen molar-refractivity contribution in [1.29, 1.82) is 0 Å². The first-order chi connectivity index (χ1) is 18.0. The average Bonchev–Trinajstić information content (AvgIpc) is 3.63. The number of rotatable bonds is 11. The molecule has 0 aliphatic rings. The van der Waals surface area contributed by atoms with Crippen molar-refractivity contribution in [3.63, 3.8) is 0 Å². The number of thioether (sulfide) groups is 1. The number of carbonyl (C=O) groups excluding carboxylic acids is 1. The Balaban J connectivity index is 1.21. The van der Waals surface area contributed by atoms with Crippen molar-refractivity contribution in [3.8, 4) is 17.2 Å². The summed E-state index contributed by atoms with van der Waals surface area (Å²) in [6.45, 7) is 5.43. The predicted octanol–water partition coefficient (Wildman–Crippen LogP) is 6.50. The Kier molecular flexibility index (Phi) is 7.86. The third-order valence-electron chi connectivity index (χ3n) is 5.60. The number of nitrogens with one attached hydrogen (secondary N) is 1. The van der Waals surface area contributed by atoms with E-state index in [2.05, 4.69) is 34.3 Å². The molecule has 0 aliphatic heterocycles. The van der Waals surface area contributed by atoms with Crippen LogP contribution in [0.3, 0.4) is 0 Å². The highest BCUT2D eigenvalue weighted by atomic mass is 32.2. The smallest absolute Gasteiger partial charge is 0.236 e. The number of hydrogen-bond donors (Lipinski definition) is 1. The average molecular weight is 534 g/mol. The first kappa shape index (κ1) is 25.0. The van der Waals surface area contributed by atoms with Crippen molar-refractivity contribution >= 4 is 45.1 Å². The molecule has 3 aromatic heterocycles. The summed E-state index contributed by atoms with van der Waals surface area (Å²) in [7, 11) is 0. The summed E-state index contributed by atoms with van der Waals surface area (Å²) in [5.74, 6) is 2.76. The molecule has 0 unspecified atom stereocenters. The van der Waals surface area contributed by atoms with E-state index in [1.807, 2.05) is 70.6 Å². The fourth-order valence-corrected chi connectivity index (χ4v) is 5.15. The van der Waals surface area contributed by atoms with Gasteiger partial charge < -0.3 is 19.0 Å². The number of hydrogen-bond acceptors (Lipinski definition) is 8. The molecule has 10 heteroatoms. The monoisotopic (exact) mass is 533 g/mol. The number of para-hydroxylation sites is 2. The summed E-state index contributed by atoms with van der Waals surface area (Å²) in [6.07, 6.45) is 0.972. The normalized spacial score (nSPS) is 11.3. The number of carbonyl (C=O) groups is 1.